The Kier molecular flexibility index (Phi) is 8.83. The Bertz CT molecular complexity index is 641. The van der Waals surface area contributed by atoms with Crippen LogP contribution in [0.1, 0.15) is 12.0 Å². The zero-order valence-electron chi connectivity index (χ0n) is 14.1. The number of benzene rings is 1. The lowest BCUT2D eigenvalue weighted by atomic mass is 10.1. The van der Waals surface area contributed by atoms with Crippen LogP contribution < -0.4 is 15.4 Å². The third-order valence-electron chi connectivity index (χ3n) is 3.68. The number of aromatic nitrogens is 1. The molecule has 1 aromatic heterocycles. The molecule has 0 aliphatic carbocycles. The minimum absolute atomic E-state index is 0. The quantitative estimate of drug-likeness (QED) is 0.205. The topological polar surface area (TPSA) is 58.5 Å². The van der Waals surface area contributed by atoms with Gasteiger partial charge in [-0.15, -0.1) is 35.3 Å². The largest absolute Gasteiger partial charge is 0.488 e. The molecule has 0 radical (unpaired) electrons. The van der Waals surface area contributed by atoms with Crippen LogP contribution >= 0.6 is 47.1 Å². The molecular weight excluding hydrogens is 467 g/mol. The first-order valence-corrected chi connectivity index (χ1v) is 9.93. The molecule has 1 aliphatic heterocycles. The van der Waals surface area contributed by atoms with Crippen molar-refractivity contribution in [1.82, 2.24) is 15.6 Å². The first-order valence-electron chi connectivity index (χ1n) is 8.06. The first kappa shape index (κ1) is 20.3. The summed E-state index contributed by atoms with van der Waals surface area (Å²) >= 11 is 3.49. The zero-order chi connectivity index (χ0) is 16.6. The van der Waals surface area contributed by atoms with Gasteiger partial charge in [0.1, 0.15) is 16.2 Å². The standard InChI is InChI=1S/C17H22N4OS2.HI/c1-18-16(19-7-4-9-23-17-20-8-10-24-17)21-12-14-11-13-5-2-3-6-15(13)22-14;/h2-3,5-6,8,10,14H,4,7,9,11-12H2,1H3,(H2,18,19,21);1H. The van der Waals surface area contributed by atoms with Gasteiger partial charge in [-0.3, -0.25) is 4.99 Å². The summed E-state index contributed by atoms with van der Waals surface area (Å²) in [6.45, 7) is 1.64. The Labute approximate surface area is 174 Å². The van der Waals surface area contributed by atoms with Crippen LogP contribution in [-0.2, 0) is 6.42 Å². The number of thioether (sulfide) groups is 1. The van der Waals surface area contributed by atoms with Gasteiger partial charge >= 0.3 is 0 Å². The minimum atomic E-state index is 0. The van der Waals surface area contributed by atoms with E-state index >= 15 is 0 Å². The molecular formula is C17H23IN4OS2. The molecule has 136 valence electrons. The van der Waals surface area contributed by atoms with Crippen LogP contribution in [0.2, 0.25) is 0 Å². The Balaban J connectivity index is 0.00000225. The van der Waals surface area contributed by atoms with Gasteiger partial charge in [0.2, 0.25) is 0 Å². The molecule has 1 unspecified atom stereocenters. The fourth-order valence-electron chi connectivity index (χ4n) is 2.52. The third kappa shape index (κ3) is 6.34. The zero-order valence-corrected chi connectivity index (χ0v) is 18.1. The summed E-state index contributed by atoms with van der Waals surface area (Å²) in [5, 5.41) is 8.70. The number of aliphatic imine (C=N–C) groups is 1. The number of para-hydroxylation sites is 1. The molecule has 25 heavy (non-hydrogen) atoms. The van der Waals surface area contributed by atoms with Crippen LogP contribution in [0.25, 0.3) is 0 Å². The number of ether oxygens (including phenoxy) is 1. The van der Waals surface area contributed by atoms with Gasteiger partial charge in [-0.05, 0) is 18.1 Å². The molecule has 1 aliphatic rings. The number of guanidine groups is 1. The van der Waals surface area contributed by atoms with E-state index in [9.17, 15) is 0 Å². The van der Waals surface area contributed by atoms with Crippen molar-refractivity contribution in [3.63, 3.8) is 0 Å². The third-order valence-corrected chi connectivity index (χ3v) is 5.74. The smallest absolute Gasteiger partial charge is 0.191 e. The molecule has 0 fully saturated rings. The lowest BCUT2D eigenvalue weighted by molar-refractivity contribution is 0.235. The highest BCUT2D eigenvalue weighted by atomic mass is 127. The van der Waals surface area contributed by atoms with Gasteiger partial charge in [0.25, 0.3) is 0 Å². The molecule has 0 spiro atoms. The molecule has 5 nitrogen and oxygen atoms in total. The van der Waals surface area contributed by atoms with Crippen molar-refractivity contribution in [2.24, 2.45) is 4.99 Å². The van der Waals surface area contributed by atoms with Crippen LogP contribution in [0, 0.1) is 0 Å². The normalized spacial score (nSPS) is 15.9. The van der Waals surface area contributed by atoms with Crippen molar-refractivity contribution in [2.45, 2.75) is 23.3 Å². The molecule has 2 heterocycles. The average Bonchev–Trinajstić information content (AvgIpc) is 3.26. The summed E-state index contributed by atoms with van der Waals surface area (Å²) in [5.41, 5.74) is 1.28. The van der Waals surface area contributed by atoms with Gasteiger partial charge in [0, 0.05) is 37.3 Å². The molecule has 2 N–H and O–H groups in total. The Morgan fingerprint density at radius 3 is 3.04 bits per heavy atom. The van der Waals surface area contributed by atoms with E-state index < -0.39 is 0 Å². The van der Waals surface area contributed by atoms with Gasteiger partial charge in [-0.2, -0.15) is 0 Å². The van der Waals surface area contributed by atoms with Gasteiger partial charge in [0.15, 0.2) is 5.96 Å². The molecule has 0 bridgehead atoms. The Morgan fingerprint density at radius 2 is 2.28 bits per heavy atom. The molecule has 2 aromatic rings. The molecule has 0 amide bonds. The predicted octanol–water partition coefficient (Wildman–Crippen LogP) is 3.41. The number of hydrogen-bond acceptors (Lipinski definition) is 5. The summed E-state index contributed by atoms with van der Waals surface area (Å²) in [5.74, 6) is 2.89. The Morgan fingerprint density at radius 1 is 1.40 bits per heavy atom. The highest BCUT2D eigenvalue weighted by molar-refractivity contribution is 14.0. The van der Waals surface area contributed by atoms with E-state index in [0.717, 1.165) is 47.7 Å². The maximum Gasteiger partial charge on any atom is 0.191 e. The number of hydrogen-bond donors (Lipinski definition) is 2. The van der Waals surface area contributed by atoms with Gasteiger partial charge in [0.05, 0.1) is 6.54 Å². The summed E-state index contributed by atoms with van der Waals surface area (Å²) in [7, 11) is 1.80. The molecule has 3 rings (SSSR count). The minimum Gasteiger partial charge on any atom is -0.488 e. The Hall–Kier alpha value is -1.000. The number of nitrogens with one attached hydrogen (secondary N) is 2. The second kappa shape index (κ2) is 10.9. The number of rotatable bonds is 7. The fourth-order valence-corrected chi connectivity index (χ4v) is 4.17. The van der Waals surface area contributed by atoms with E-state index in [2.05, 4.69) is 32.7 Å². The summed E-state index contributed by atoms with van der Waals surface area (Å²) < 4.78 is 7.07. The van der Waals surface area contributed by atoms with Crippen LogP contribution in [0.3, 0.4) is 0 Å². The van der Waals surface area contributed by atoms with E-state index in [1.165, 1.54) is 5.56 Å². The van der Waals surface area contributed by atoms with Crippen molar-refractivity contribution in [2.75, 3.05) is 25.9 Å². The maximum absolute atomic E-state index is 5.93. The van der Waals surface area contributed by atoms with E-state index in [4.69, 9.17) is 4.74 Å². The molecule has 8 heteroatoms. The van der Waals surface area contributed by atoms with Crippen molar-refractivity contribution < 1.29 is 4.74 Å². The van der Waals surface area contributed by atoms with Crippen molar-refractivity contribution in [1.29, 1.82) is 0 Å². The van der Waals surface area contributed by atoms with Crippen LogP contribution in [-0.4, -0.2) is 42.9 Å². The lowest BCUT2D eigenvalue weighted by Gasteiger charge is -2.15. The van der Waals surface area contributed by atoms with E-state index in [-0.39, 0.29) is 30.1 Å². The molecule has 0 saturated heterocycles. The highest BCUT2D eigenvalue weighted by Crippen LogP contribution is 2.27. The summed E-state index contributed by atoms with van der Waals surface area (Å²) in [6.07, 6.45) is 4.03. The molecule has 1 aromatic carbocycles. The number of fused-ring (bicyclic) bond motifs is 1. The molecule has 0 saturated carbocycles. The van der Waals surface area contributed by atoms with Gasteiger partial charge in [-0.25, -0.2) is 4.98 Å². The van der Waals surface area contributed by atoms with Crippen molar-refractivity contribution >= 4 is 53.0 Å². The van der Waals surface area contributed by atoms with E-state index in [1.54, 1.807) is 30.1 Å². The van der Waals surface area contributed by atoms with Crippen molar-refractivity contribution in [3.05, 3.63) is 41.4 Å². The summed E-state index contributed by atoms with van der Waals surface area (Å²) in [4.78, 5) is 8.53. The maximum atomic E-state index is 5.93. The second-order valence-electron chi connectivity index (χ2n) is 5.43. The second-order valence-corrected chi connectivity index (χ2v) is 7.67. The average molecular weight is 490 g/mol. The van der Waals surface area contributed by atoms with Crippen LogP contribution in [0.4, 0.5) is 0 Å². The predicted molar refractivity (Wildman–Crippen MR) is 117 cm³/mol. The molecule has 1 atom stereocenters. The number of halogens is 1. The van der Waals surface area contributed by atoms with E-state index in [1.807, 2.05) is 23.7 Å². The van der Waals surface area contributed by atoms with E-state index in [0.29, 0.717) is 0 Å². The fraction of sp³-hybridized carbons (Fsp3) is 0.412. The summed E-state index contributed by atoms with van der Waals surface area (Å²) in [6, 6.07) is 8.23. The van der Waals surface area contributed by atoms with Gasteiger partial charge < -0.3 is 15.4 Å². The van der Waals surface area contributed by atoms with Crippen LogP contribution in [0.5, 0.6) is 5.75 Å². The van der Waals surface area contributed by atoms with Crippen molar-refractivity contribution in [3.8, 4) is 5.75 Å². The van der Waals surface area contributed by atoms with Crippen LogP contribution in [0.15, 0.2) is 45.2 Å². The monoisotopic (exact) mass is 490 g/mol. The first-order chi connectivity index (χ1) is 11.8. The highest BCUT2D eigenvalue weighted by Gasteiger charge is 2.22. The lowest BCUT2D eigenvalue weighted by Crippen LogP contribution is -2.42. The number of thiazole rings is 1. The van der Waals surface area contributed by atoms with Gasteiger partial charge in [-0.1, -0.05) is 30.0 Å². The SMILES string of the molecule is CN=C(NCCCSc1nccs1)NCC1Cc2ccccc2O1.I. The number of nitrogens with zero attached hydrogens (tertiary/aromatic N) is 2.